The normalized spacial score (nSPS) is 19.7. The van der Waals surface area contributed by atoms with Gasteiger partial charge in [0.25, 0.3) is 0 Å². The molecule has 7 heteroatoms. The quantitative estimate of drug-likeness (QED) is 0.869. The third-order valence-electron chi connectivity index (χ3n) is 4.43. The first kappa shape index (κ1) is 16.4. The Morgan fingerprint density at radius 1 is 1.30 bits per heavy atom. The zero-order valence-corrected chi connectivity index (χ0v) is 14.5. The van der Waals surface area contributed by atoms with Gasteiger partial charge in [0.15, 0.2) is 0 Å². The van der Waals surface area contributed by atoms with Gasteiger partial charge in [0, 0.05) is 26.2 Å². The van der Waals surface area contributed by atoms with E-state index in [4.69, 9.17) is 4.98 Å². The number of nitrogens with zero attached hydrogens (tertiary/aromatic N) is 3. The molecule has 126 valence electrons. The summed E-state index contributed by atoms with van der Waals surface area (Å²) in [6.45, 7) is 7.30. The van der Waals surface area contributed by atoms with E-state index in [9.17, 15) is 8.42 Å². The lowest BCUT2D eigenvalue weighted by atomic mass is 10.3. The van der Waals surface area contributed by atoms with Crippen LogP contribution in [0.1, 0.15) is 26.1 Å². The van der Waals surface area contributed by atoms with Gasteiger partial charge in [-0.05, 0) is 25.5 Å². The number of nitrogens with one attached hydrogen (secondary N) is 1. The van der Waals surface area contributed by atoms with E-state index in [2.05, 4.69) is 27.2 Å². The number of sulfonamides is 1. The molecule has 2 heterocycles. The molecule has 0 amide bonds. The van der Waals surface area contributed by atoms with Gasteiger partial charge >= 0.3 is 0 Å². The van der Waals surface area contributed by atoms with E-state index in [-0.39, 0.29) is 5.25 Å². The maximum Gasteiger partial charge on any atom is 0.215 e. The molecule has 1 aromatic carbocycles. The lowest BCUT2D eigenvalue weighted by Gasteiger charge is -2.16. The third-order valence-corrected chi connectivity index (χ3v) is 6.38. The van der Waals surface area contributed by atoms with Crippen molar-refractivity contribution in [2.45, 2.75) is 38.6 Å². The molecule has 1 unspecified atom stereocenters. The van der Waals surface area contributed by atoms with E-state index in [0.717, 1.165) is 29.9 Å². The predicted octanol–water partition coefficient (Wildman–Crippen LogP) is 1.57. The summed E-state index contributed by atoms with van der Waals surface area (Å²) < 4.78 is 29.1. The number of fused-ring (bicyclic) bond motifs is 1. The monoisotopic (exact) mass is 336 g/mol. The molecular weight excluding hydrogens is 312 g/mol. The molecule has 2 aromatic rings. The molecule has 0 spiro atoms. The maximum atomic E-state index is 12.1. The maximum absolute atomic E-state index is 12.1. The second-order valence-corrected chi connectivity index (χ2v) is 8.00. The van der Waals surface area contributed by atoms with Crippen LogP contribution in [0.4, 0.5) is 0 Å². The second kappa shape index (κ2) is 6.59. The summed E-state index contributed by atoms with van der Waals surface area (Å²) in [7, 11) is -3.19. The van der Waals surface area contributed by atoms with E-state index in [1.165, 1.54) is 0 Å². The van der Waals surface area contributed by atoms with Gasteiger partial charge in [0.1, 0.15) is 5.82 Å². The van der Waals surface area contributed by atoms with Gasteiger partial charge < -0.3 is 4.57 Å². The molecule has 1 aliphatic rings. The predicted molar refractivity (Wildman–Crippen MR) is 91.7 cm³/mol. The highest BCUT2D eigenvalue weighted by molar-refractivity contribution is 7.90. The number of likely N-dealkylation sites (tertiary alicyclic amines) is 1. The number of aromatic nitrogens is 2. The summed E-state index contributed by atoms with van der Waals surface area (Å²) >= 11 is 0. The minimum Gasteiger partial charge on any atom is -0.327 e. The molecule has 1 N–H and O–H groups in total. The van der Waals surface area contributed by atoms with Gasteiger partial charge in [-0.2, -0.15) is 0 Å². The van der Waals surface area contributed by atoms with Crippen LogP contribution in [0, 0.1) is 0 Å². The Kier molecular flexibility index (Phi) is 4.70. The van der Waals surface area contributed by atoms with Crippen LogP contribution in [0.2, 0.25) is 0 Å². The average Bonchev–Trinajstić information content (AvgIpc) is 3.11. The Morgan fingerprint density at radius 3 is 2.83 bits per heavy atom. The summed E-state index contributed by atoms with van der Waals surface area (Å²) in [6, 6.07) is 8.12. The van der Waals surface area contributed by atoms with Crippen LogP contribution in [-0.2, 0) is 23.1 Å². The van der Waals surface area contributed by atoms with Crippen molar-refractivity contribution in [1.29, 1.82) is 0 Å². The topological polar surface area (TPSA) is 67.2 Å². The van der Waals surface area contributed by atoms with Crippen LogP contribution >= 0.6 is 0 Å². The van der Waals surface area contributed by atoms with E-state index < -0.39 is 10.0 Å². The van der Waals surface area contributed by atoms with Crippen LogP contribution in [0.5, 0.6) is 0 Å². The first-order valence-corrected chi connectivity index (χ1v) is 9.74. The van der Waals surface area contributed by atoms with Crippen molar-refractivity contribution < 1.29 is 8.42 Å². The molecule has 0 aliphatic carbocycles. The zero-order chi connectivity index (χ0) is 16.4. The first-order chi connectivity index (χ1) is 11.0. The number of para-hydroxylation sites is 2. The highest BCUT2D eigenvalue weighted by Gasteiger charge is 2.33. The van der Waals surface area contributed by atoms with Crippen LogP contribution in [0.3, 0.4) is 0 Å². The molecule has 1 aliphatic heterocycles. The summed E-state index contributed by atoms with van der Waals surface area (Å²) in [4.78, 5) is 6.91. The third kappa shape index (κ3) is 3.27. The fourth-order valence-corrected chi connectivity index (χ4v) is 4.77. The Balaban J connectivity index is 1.76. The zero-order valence-electron chi connectivity index (χ0n) is 13.7. The molecular formula is C16H24N4O2S. The van der Waals surface area contributed by atoms with Crippen molar-refractivity contribution in [3.8, 4) is 0 Å². The molecule has 0 bridgehead atoms. The minimum absolute atomic E-state index is 0.318. The van der Waals surface area contributed by atoms with Gasteiger partial charge in [-0.1, -0.05) is 19.1 Å². The summed E-state index contributed by atoms with van der Waals surface area (Å²) in [5.41, 5.74) is 2.14. The molecule has 0 saturated carbocycles. The molecule has 3 rings (SSSR count). The number of benzene rings is 1. The van der Waals surface area contributed by atoms with Crippen LogP contribution < -0.4 is 4.72 Å². The molecule has 0 radical (unpaired) electrons. The van der Waals surface area contributed by atoms with E-state index in [0.29, 0.717) is 26.1 Å². The fraction of sp³-hybridized carbons (Fsp3) is 0.562. The highest BCUT2D eigenvalue weighted by Crippen LogP contribution is 2.21. The van der Waals surface area contributed by atoms with Gasteiger partial charge in [-0.25, -0.2) is 18.1 Å². The number of rotatable bonds is 6. The summed E-state index contributed by atoms with van der Waals surface area (Å²) in [5, 5.41) is -0.318. The van der Waals surface area contributed by atoms with Crippen molar-refractivity contribution in [2.75, 3.05) is 19.6 Å². The SMILES string of the molecule is CCNS(=O)(=O)C1CCN(Cc2nc3ccccc3n2CC)C1. The Hall–Kier alpha value is -1.44. The number of imidazole rings is 1. The van der Waals surface area contributed by atoms with Crippen molar-refractivity contribution in [2.24, 2.45) is 0 Å². The Morgan fingerprint density at radius 2 is 2.09 bits per heavy atom. The number of hydrogen-bond acceptors (Lipinski definition) is 4. The van der Waals surface area contributed by atoms with Crippen LogP contribution in [0.15, 0.2) is 24.3 Å². The van der Waals surface area contributed by atoms with Gasteiger partial charge in [-0.15, -0.1) is 0 Å². The van der Waals surface area contributed by atoms with Gasteiger partial charge in [0.05, 0.1) is 22.8 Å². The summed E-state index contributed by atoms with van der Waals surface area (Å²) in [6.07, 6.45) is 0.682. The van der Waals surface area contributed by atoms with Gasteiger partial charge in [0.2, 0.25) is 10.0 Å². The van der Waals surface area contributed by atoms with Crippen molar-refractivity contribution in [3.63, 3.8) is 0 Å². The van der Waals surface area contributed by atoms with Crippen LogP contribution in [0.25, 0.3) is 11.0 Å². The lowest BCUT2D eigenvalue weighted by Crippen LogP contribution is -2.36. The first-order valence-electron chi connectivity index (χ1n) is 8.20. The largest absolute Gasteiger partial charge is 0.327 e. The van der Waals surface area contributed by atoms with E-state index in [1.54, 1.807) is 0 Å². The van der Waals surface area contributed by atoms with Crippen molar-refractivity contribution >= 4 is 21.1 Å². The van der Waals surface area contributed by atoms with E-state index >= 15 is 0 Å². The molecule has 1 fully saturated rings. The van der Waals surface area contributed by atoms with Crippen molar-refractivity contribution in [3.05, 3.63) is 30.1 Å². The van der Waals surface area contributed by atoms with Crippen LogP contribution in [-0.4, -0.2) is 47.8 Å². The summed E-state index contributed by atoms with van der Waals surface area (Å²) in [5.74, 6) is 1.01. The van der Waals surface area contributed by atoms with E-state index in [1.807, 2.05) is 25.1 Å². The highest BCUT2D eigenvalue weighted by atomic mass is 32.2. The molecule has 1 saturated heterocycles. The molecule has 1 atom stereocenters. The number of hydrogen-bond donors (Lipinski definition) is 1. The second-order valence-electron chi connectivity index (χ2n) is 5.95. The molecule has 23 heavy (non-hydrogen) atoms. The van der Waals surface area contributed by atoms with Crippen molar-refractivity contribution in [1.82, 2.24) is 19.2 Å². The standard InChI is InChI=1S/C16H24N4O2S/c1-3-17-23(21,22)13-9-10-19(11-13)12-16-18-14-7-5-6-8-15(14)20(16)4-2/h5-8,13,17H,3-4,9-12H2,1-2H3. The Bertz CT molecular complexity index is 784. The fourth-order valence-electron chi connectivity index (χ4n) is 3.31. The van der Waals surface area contributed by atoms with Gasteiger partial charge in [-0.3, -0.25) is 4.90 Å². The minimum atomic E-state index is -3.19. The average molecular weight is 336 g/mol. The Labute approximate surface area is 137 Å². The number of aryl methyl sites for hydroxylation is 1. The lowest BCUT2D eigenvalue weighted by molar-refractivity contribution is 0.317. The molecule has 6 nitrogen and oxygen atoms in total. The molecule has 1 aromatic heterocycles. The smallest absolute Gasteiger partial charge is 0.215 e.